The van der Waals surface area contributed by atoms with Gasteiger partial charge in [-0.25, -0.2) is 0 Å². The number of piperidine rings is 1. The Kier molecular flexibility index (Phi) is 3.83. The van der Waals surface area contributed by atoms with Crippen LogP contribution in [0, 0.1) is 6.92 Å². The van der Waals surface area contributed by atoms with Crippen molar-refractivity contribution in [1.82, 2.24) is 4.90 Å². The zero-order chi connectivity index (χ0) is 14.0. The minimum atomic E-state index is -4.75. The summed E-state index contributed by atoms with van der Waals surface area (Å²) in [4.78, 5) is 12.0. The van der Waals surface area contributed by atoms with Gasteiger partial charge in [0.05, 0.1) is 0 Å². The number of aryl methyl sites for hydroxylation is 1. The third-order valence-corrected chi connectivity index (χ3v) is 3.57. The van der Waals surface area contributed by atoms with Crippen molar-refractivity contribution in [2.45, 2.75) is 31.9 Å². The van der Waals surface area contributed by atoms with Gasteiger partial charge in [0.25, 0.3) is 0 Å². The molecule has 0 bridgehead atoms. The average molecular weight is 271 g/mol. The molecule has 0 N–H and O–H groups in total. The molecule has 0 aliphatic carbocycles. The van der Waals surface area contributed by atoms with Gasteiger partial charge in [-0.2, -0.15) is 13.2 Å². The predicted octanol–water partition coefficient (Wildman–Crippen LogP) is 3.26. The Morgan fingerprint density at radius 3 is 2.16 bits per heavy atom. The highest BCUT2D eigenvalue weighted by molar-refractivity contribution is 5.81. The van der Waals surface area contributed by atoms with E-state index in [1.807, 2.05) is 31.2 Å². The van der Waals surface area contributed by atoms with Crippen molar-refractivity contribution in [2.24, 2.45) is 0 Å². The van der Waals surface area contributed by atoms with Crippen LogP contribution in [0.25, 0.3) is 0 Å². The van der Waals surface area contributed by atoms with Crippen LogP contribution in [-0.2, 0) is 4.79 Å². The Hall–Kier alpha value is -1.52. The van der Waals surface area contributed by atoms with Gasteiger partial charge in [-0.05, 0) is 31.2 Å². The summed E-state index contributed by atoms with van der Waals surface area (Å²) in [5, 5.41) is 0. The van der Waals surface area contributed by atoms with Crippen molar-refractivity contribution in [3.05, 3.63) is 35.4 Å². The second-order valence-electron chi connectivity index (χ2n) is 4.97. The van der Waals surface area contributed by atoms with Crippen molar-refractivity contribution in [3.63, 3.8) is 0 Å². The number of hydrogen-bond donors (Lipinski definition) is 0. The van der Waals surface area contributed by atoms with E-state index in [0.717, 1.165) is 16.0 Å². The van der Waals surface area contributed by atoms with Crippen molar-refractivity contribution in [1.29, 1.82) is 0 Å². The van der Waals surface area contributed by atoms with E-state index in [0.29, 0.717) is 12.8 Å². The lowest BCUT2D eigenvalue weighted by atomic mass is 9.89. The van der Waals surface area contributed by atoms with Crippen LogP contribution < -0.4 is 0 Å². The maximum absolute atomic E-state index is 12.3. The quantitative estimate of drug-likeness (QED) is 0.767. The largest absolute Gasteiger partial charge is 0.471 e. The van der Waals surface area contributed by atoms with Crippen LogP contribution in [-0.4, -0.2) is 30.1 Å². The summed E-state index contributed by atoms with van der Waals surface area (Å²) in [7, 11) is 0. The molecule has 5 heteroatoms. The zero-order valence-corrected chi connectivity index (χ0v) is 10.7. The molecule has 19 heavy (non-hydrogen) atoms. The molecule has 1 fully saturated rings. The van der Waals surface area contributed by atoms with Gasteiger partial charge in [-0.1, -0.05) is 29.8 Å². The Morgan fingerprint density at radius 1 is 1.16 bits per heavy atom. The zero-order valence-electron chi connectivity index (χ0n) is 10.7. The monoisotopic (exact) mass is 271 g/mol. The number of hydrogen-bond acceptors (Lipinski definition) is 1. The minimum absolute atomic E-state index is 0.177. The highest BCUT2D eigenvalue weighted by Gasteiger charge is 2.43. The Balaban J connectivity index is 1.96. The van der Waals surface area contributed by atoms with Crippen LogP contribution in [0.4, 0.5) is 13.2 Å². The molecule has 0 atom stereocenters. The molecule has 1 aliphatic rings. The van der Waals surface area contributed by atoms with Gasteiger partial charge in [0.15, 0.2) is 0 Å². The molecule has 1 aromatic carbocycles. The number of amides is 1. The number of likely N-dealkylation sites (tertiary alicyclic amines) is 1. The lowest BCUT2D eigenvalue weighted by molar-refractivity contribution is -0.186. The highest BCUT2D eigenvalue weighted by atomic mass is 19.4. The third-order valence-electron chi connectivity index (χ3n) is 3.57. The summed E-state index contributed by atoms with van der Waals surface area (Å²) >= 11 is 0. The number of carbonyl (C=O) groups is 1. The number of rotatable bonds is 1. The first kappa shape index (κ1) is 13.9. The van der Waals surface area contributed by atoms with E-state index in [-0.39, 0.29) is 19.0 Å². The lowest BCUT2D eigenvalue weighted by Crippen LogP contribution is -2.45. The van der Waals surface area contributed by atoms with Crippen LogP contribution in [0.2, 0.25) is 0 Å². The van der Waals surface area contributed by atoms with Gasteiger partial charge in [-0.15, -0.1) is 0 Å². The van der Waals surface area contributed by atoms with E-state index >= 15 is 0 Å². The van der Waals surface area contributed by atoms with Gasteiger partial charge >= 0.3 is 12.1 Å². The number of carbonyl (C=O) groups excluding carboxylic acids is 1. The number of halogens is 3. The first-order chi connectivity index (χ1) is 8.88. The topological polar surface area (TPSA) is 20.3 Å². The second-order valence-corrected chi connectivity index (χ2v) is 4.97. The molecule has 2 nitrogen and oxygen atoms in total. The summed E-state index contributed by atoms with van der Waals surface area (Å²) in [6.45, 7) is 2.35. The van der Waals surface area contributed by atoms with Gasteiger partial charge in [-0.3, -0.25) is 4.79 Å². The van der Waals surface area contributed by atoms with Crippen LogP contribution in [0.15, 0.2) is 24.3 Å². The molecule has 2 rings (SSSR count). The summed E-state index contributed by atoms with van der Waals surface area (Å²) < 4.78 is 36.9. The number of benzene rings is 1. The molecule has 0 saturated carbocycles. The fraction of sp³-hybridized carbons (Fsp3) is 0.500. The van der Waals surface area contributed by atoms with Crippen molar-refractivity contribution in [3.8, 4) is 0 Å². The van der Waals surface area contributed by atoms with Crippen LogP contribution >= 0.6 is 0 Å². The first-order valence-corrected chi connectivity index (χ1v) is 6.30. The molecule has 104 valence electrons. The smallest absolute Gasteiger partial charge is 0.335 e. The van der Waals surface area contributed by atoms with Gasteiger partial charge in [0, 0.05) is 13.1 Å². The van der Waals surface area contributed by atoms with E-state index < -0.39 is 12.1 Å². The lowest BCUT2D eigenvalue weighted by Gasteiger charge is -2.32. The van der Waals surface area contributed by atoms with E-state index in [2.05, 4.69) is 0 Å². The molecule has 1 amide bonds. The van der Waals surface area contributed by atoms with E-state index in [1.54, 1.807) is 0 Å². The standard InChI is InChI=1S/C14H16F3NO/c1-10-2-4-11(5-3-10)12-6-8-18(9-7-12)13(19)14(15,16)17/h2-5,12H,6-9H2,1H3. The van der Waals surface area contributed by atoms with E-state index in [9.17, 15) is 18.0 Å². The van der Waals surface area contributed by atoms with Crippen LogP contribution in [0.5, 0.6) is 0 Å². The Morgan fingerprint density at radius 2 is 1.68 bits per heavy atom. The number of nitrogens with zero attached hydrogens (tertiary/aromatic N) is 1. The molecular weight excluding hydrogens is 255 g/mol. The van der Waals surface area contributed by atoms with Crippen LogP contribution in [0.3, 0.4) is 0 Å². The molecular formula is C14H16F3NO. The fourth-order valence-corrected chi connectivity index (χ4v) is 2.43. The summed E-state index contributed by atoms with van der Waals surface area (Å²) in [5.41, 5.74) is 2.30. The first-order valence-electron chi connectivity index (χ1n) is 6.30. The Bertz CT molecular complexity index is 445. The van der Waals surface area contributed by atoms with Gasteiger partial charge in [0.2, 0.25) is 0 Å². The van der Waals surface area contributed by atoms with Crippen molar-refractivity contribution >= 4 is 5.91 Å². The maximum Gasteiger partial charge on any atom is 0.471 e. The predicted molar refractivity (Wildman–Crippen MR) is 65.8 cm³/mol. The molecule has 0 unspecified atom stereocenters. The average Bonchev–Trinajstić information content (AvgIpc) is 2.38. The second kappa shape index (κ2) is 5.23. The van der Waals surface area contributed by atoms with E-state index in [1.165, 1.54) is 0 Å². The molecule has 1 heterocycles. The summed E-state index contributed by atoms with van der Waals surface area (Å²) in [6, 6.07) is 8.04. The molecule has 0 aromatic heterocycles. The SMILES string of the molecule is Cc1ccc(C2CCN(C(=O)C(F)(F)F)CC2)cc1. The van der Waals surface area contributed by atoms with Crippen molar-refractivity contribution < 1.29 is 18.0 Å². The maximum atomic E-state index is 12.3. The Labute approximate surface area is 110 Å². The van der Waals surface area contributed by atoms with Crippen LogP contribution in [0.1, 0.15) is 29.9 Å². The fourth-order valence-electron chi connectivity index (χ4n) is 2.43. The van der Waals surface area contributed by atoms with Gasteiger partial charge < -0.3 is 4.90 Å². The minimum Gasteiger partial charge on any atom is -0.335 e. The third kappa shape index (κ3) is 3.28. The summed E-state index contributed by atoms with van der Waals surface area (Å²) in [6.07, 6.45) is -3.58. The van der Waals surface area contributed by atoms with E-state index in [4.69, 9.17) is 0 Å². The molecule has 0 radical (unpaired) electrons. The molecule has 1 saturated heterocycles. The normalized spacial score (nSPS) is 17.6. The highest BCUT2D eigenvalue weighted by Crippen LogP contribution is 2.30. The van der Waals surface area contributed by atoms with Crippen molar-refractivity contribution in [2.75, 3.05) is 13.1 Å². The summed E-state index contributed by atoms with van der Waals surface area (Å²) in [5.74, 6) is -1.47. The molecule has 1 aromatic rings. The van der Waals surface area contributed by atoms with Gasteiger partial charge in [0.1, 0.15) is 0 Å². The molecule has 1 aliphatic heterocycles. The number of alkyl halides is 3. The molecule has 0 spiro atoms.